The Kier molecular flexibility index (Phi) is 9.81. The first-order chi connectivity index (χ1) is 18.0. The van der Waals surface area contributed by atoms with Crippen molar-refractivity contribution in [3.05, 3.63) is 39.4 Å². The van der Waals surface area contributed by atoms with Crippen molar-refractivity contribution in [2.75, 3.05) is 25.4 Å². The monoisotopic (exact) mass is 529 g/mol. The molecule has 38 heavy (non-hydrogen) atoms. The third-order valence-electron chi connectivity index (χ3n) is 6.07. The number of ether oxygens (including phenoxy) is 2. The summed E-state index contributed by atoms with van der Waals surface area (Å²) in [6.45, 7) is 12.0. The van der Waals surface area contributed by atoms with Crippen LogP contribution in [0.4, 0.5) is 16.3 Å². The van der Waals surface area contributed by atoms with Gasteiger partial charge in [-0.1, -0.05) is 31.5 Å². The SMILES string of the molecule is CCCCOc1nc(N)c([N+](=O)[O-])c(-c2c(CN3CCCC3)cccc2C(C)NNC(=O)OC(C)(C)C)n1. The molecule has 12 heteroatoms. The number of rotatable bonds is 11. The van der Waals surface area contributed by atoms with Gasteiger partial charge in [-0.15, -0.1) is 0 Å². The van der Waals surface area contributed by atoms with Crippen molar-refractivity contribution in [1.29, 1.82) is 0 Å². The van der Waals surface area contributed by atoms with Gasteiger partial charge in [-0.25, -0.2) is 10.2 Å². The van der Waals surface area contributed by atoms with Crippen molar-refractivity contribution in [3.8, 4) is 17.3 Å². The Morgan fingerprint density at radius 1 is 1.26 bits per heavy atom. The summed E-state index contributed by atoms with van der Waals surface area (Å²) < 4.78 is 11.0. The quantitative estimate of drug-likeness (QED) is 0.215. The van der Waals surface area contributed by atoms with Crippen molar-refractivity contribution in [1.82, 2.24) is 25.7 Å². The molecule has 0 radical (unpaired) electrons. The molecule has 1 aliphatic heterocycles. The van der Waals surface area contributed by atoms with Crippen molar-refractivity contribution in [3.63, 3.8) is 0 Å². The van der Waals surface area contributed by atoms with E-state index in [0.29, 0.717) is 24.3 Å². The number of hydrazine groups is 1. The van der Waals surface area contributed by atoms with E-state index in [2.05, 4.69) is 25.7 Å². The molecule has 12 nitrogen and oxygen atoms in total. The van der Waals surface area contributed by atoms with Crippen LogP contribution in [0.25, 0.3) is 11.3 Å². The fraction of sp³-hybridized carbons (Fsp3) is 0.577. The van der Waals surface area contributed by atoms with E-state index in [0.717, 1.165) is 44.3 Å². The lowest BCUT2D eigenvalue weighted by atomic mass is 9.93. The van der Waals surface area contributed by atoms with Crippen LogP contribution in [0.1, 0.15) is 77.5 Å². The Bertz CT molecular complexity index is 1130. The Morgan fingerprint density at radius 3 is 2.61 bits per heavy atom. The summed E-state index contributed by atoms with van der Waals surface area (Å²) in [5.74, 6) is -0.263. The Morgan fingerprint density at radius 2 is 1.97 bits per heavy atom. The normalized spacial score (nSPS) is 14.8. The average Bonchev–Trinajstić information content (AvgIpc) is 3.34. The number of hydrogen-bond acceptors (Lipinski definition) is 10. The first-order valence-electron chi connectivity index (χ1n) is 13.0. The molecule has 1 aliphatic rings. The molecule has 1 amide bonds. The van der Waals surface area contributed by atoms with Crippen LogP contribution >= 0.6 is 0 Å². The van der Waals surface area contributed by atoms with E-state index in [1.165, 1.54) is 0 Å². The maximum atomic E-state index is 12.3. The fourth-order valence-electron chi connectivity index (χ4n) is 4.31. The van der Waals surface area contributed by atoms with E-state index in [1.807, 2.05) is 32.0 Å². The first-order valence-corrected chi connectivity index (χ1v) is 13.0. The number of hydrogen-bond donors (Lipinski definition) is 3. The number of nitrogens with one attached hydrogen (secondary N) is 2. The van der Waals surface area contributed by atoms with Gasteiger partial charge >= 0.3 is 17.8 Å². The lowest BCUT2D eigenvalue weighted by Gasteiger charge is -2.24. The molecule has 1 aromatic carbocycles. The smallest absolute Gasteiger partial charge is 0.422 e. The highest BCUT2D eigenvalue weighted by atomic mass is 16.6. The second kappa shape index (κ2) is 12.8. The van der Waals surface area contributed by atoms with Crippen LogP contribution in [0.3, 0.4) is 0 Å². The summed E-state index contributed by atoms with van der Waals surface area (Å²) in [7, 11) is 0. The van der Waals surface area contributed by atoms with E-state index in [4.69, 9.17) is 15.2 Å². The van der Waals surface area contributed by atoms with Crippen LogP contribution in [-0.2, 0) is 11.3 Å². The third-order valence-corrected chi connectivity index (χ3v) is 6.07. The second-order valence-electron chi connectivity index (χ2n) is 10.4. The molecule has 0 saturated carbocycles. The zero-order valence-electron chi connectivity index (χ0n) is 22.9. The number of benzene rings is 1. The molecule has 0 spiro atoms. The number of anilines is 1. The third kappa shape index (κ3) is 7.75. The standard InChI is InChI=1S/C26H39N7O5/c1-6-7-15-37-24-28-21(22(33(35)36)23(27)29-24)20-18(16-32-13-8-9-14-32)11-10-12-19(20)17(2)30-31-25(34)38-26(3,4)5/h10-12,17,30H,6-9,13-16H2,1-5H3,(H,31,34)(H2,27,28,29). The summed E-state index contributed by atoms with van der Waals surface area (Å²) in [6, 6.07) is 5.20. The van der Waals surface area contributed by atoms with Gasteiger partial charge in [0.05, 0.1) is 11.5 Å². The lowest BCUT2D eigenvalue weighted by molar-refractivity contribution is -0.383. The zero-order chi connectivity index (χ0) is 27.9. The van der Waals surface area contributed by atoms with Crippen molar-refractivity contribution < 1.29 is 19.2 Å². The number of nitrogens with two attached hydrogens (primary N) is 1. The van der Waals surface area contributed by atoms with E-state index in [1.54, 1.807) is 20.8 Å². The van der Waals surface area contributed by atoms with Crippen molar-refractivity contribution in [2.45, 2.75) is 78.5 Å². The summed E-state index contributed by atoms with van der Waals surface area (Å²) in [6.07, 6.45) is 3.25. The van der Waals surface area contributed by atoms with Gasteiger partial charge in [0.25, 0.3) is 0 Å². The van der Waals surface area contributed by atoms with E-state index in [-0.39, 0.29) is 23.2 Å². The Balaban J connectivity index is 2.08. The number of carbonyl (C=O) groups is 1. The molecule has 0 bridgehead atoms. The van der Waals surface area contributed by atoms with Gasteiger partial charge in [-0.3, -0.25) is 20.4 Å². The lowest BCUT2D eigenvalue weighted by Crippen LogP contribution is -2.42. The van der Waals surface area contributed by atoms with Gasteiger partial charge in [0.1, 0.15) is 5.60 Å². The molecule has 1 aromatic heterocycles. The number of amides is 1. The summed E-state index contributed by atoms with van der Waals surface area (Å²) in [4.78, 5) is 34.7. The second-order valence-corrected chi connectivity index (χ2v) is 10.4. The fourth-order valence-corrected chi connectivity index (χ4v) is 4.31. The van der Waals surface area contributed by atoms with Crippen LogP contribution < -0.4 is 21.3 Å². The molecule has 208 valence electrons. The molecule has 1 atom stereocenters. The number of carbonyl (C=O) groups excluding carboxylic acids is 1. The summed E-state index contributed by atoms with van der Waals surface area (Å²) in [5, 5.41) is 12.2. The van der Waals surface area contributed by atoms with E-state index in [9.17, 15) is 14.9 Å². The van der Waals surface area contributed by atoms with Crippen molar-refractivity contribution in [2.24, 2.45) is 0 Å². The number of likely N-dealkylation sites (tertiary alicyclic amines) is 1. The number of unbranched alkanes of at least 4 members (excludes halogenated alkanes) is 1. The molecule has 3 rings (SSSR count). The van der Waals surface area contributed by atoms with Gasteiger partial charge in [0.2, 0.25) is 5.82 Å². The van der Waals surface area contributed by atoms with Gasteiger partial charge in [-0.2, -0.15) is 9.97 Å². The molecule has 2 aromatic rings. The maximum absolute atomic E-state index is 12.3. The predicted molar refractivity (Wildman–Crippen MR) is 144 cm³/mol. The Labute approximate surface area is 223 Å². The molecule has 0 aliphatic carbocycles. The van der Waals surface area contributed by atoms with Gasteiger partial charge in [-0.05, 0) is 71.2 Å². The summed E-state index contributed by atoms with van der Waals surface area (Å²) >= 11 is 0. The van der Waals surface area contributed by atoms with Crippen LogP contribution in [0.2, 0.25) is 0 Å². The minimum absolute atomic E-state index is 0.00836. The van der Waals surface area contributed by atoms with E-state index < -0.39 is 22.7 Å². The number of nitro groups is 1. The first kappa shape index (κ1) is 29.1. The average molecular weight is 530 g/mol. The highest BCUT2D eigenvalue weighted by Crippen LogP contribution is 2.40. The molecular weight excluding hydrogens is 490 g/mol. The predicted octanol–water partition coefficient (Wildman–Crippen LogP) is 4.50. The summed E-state index contributed by atoms with van der Waals surface area (Å²) in [5.41, 5.74) is 12.8. The van der Waals surface area contributed by atoms with Crippen LogP contribution in [-0.4, -0.2) is 51.2 Å². The Hall–Kier alpha value is -3.51. The minimum atomic E-state index is -0.664. The molecule has 4 N–H and O–H groups in total. The minimum Gasteiger partial charge on any atom is -0.463 e. The van der Waals surface area contributed by atoms with E-state index >= 15 is 0 Å². The van der Waals surface area contributed by atoms with Crippen LogP contribution in [0, 0.1) is 10.1 Å². The largest absolute Gasteiger partial charge is 0.463 e. The highest BCUT2D eigenvalue weighted by Gasteiger charge is 2.30. The zero-order valence-corrected chi connectivity index (χ0v) is 22.9. The highest BCUT2D eigenvalue weighted by molar-refractivity contribution is 5.81. The maximum Gasteiger partial charge on any atom is 0.422 e. The number of nitrogen functional groups attached to an aromatic ring is 1. The molecular formula is C26H39N7O5. The van der Waals surface area contributed by atoms with Gasteiger partial charge in [0.15, 0.2) is 5.69 Å². The van der Waals surface area contributed by atoms with Crippen LogP contribution in [0.5, 0.6) is 6.01 Å². The molecule has 1 fully saturated rings. The molecule has 2 heterocycles. The topological polar surface area (TPSA) is 158 Å². The number of nitrogens with zero attached hydrogens (tertiary/aromatic N) is 4. The number of aromatic nitrogens is 2. The van der Waals surface area contributed by atoms with Gasteiger partial charge in [0, 0.05) is 18.2 Å². The molecule has 1 unspecified atom stereocenters. The van der Waals surface area contributed by atoms with Crippen molar-refractivity contribution >= 4 is 17.6 Å². The molecule has 1 saturated heterocycles. The van der Waals surface area contributed by atoms with Gasteiger partial charge < -0.3 is 15.2 Å². The van der Waals surface area contributed by atoms with Crippen LogP contribution in [0.15, 0.2) is 18.2 Å².